The number of hydrogen-bond acceptors (Lipinski definition) is 6. The summed E-state index contributed by atoms with van der Waals surface area (Å²) in [5.41, 5.74) is 7.58. The average Bonchev–Trinajstić information content (AvgIpc) is 2.97. The van der Waals surface area contributed by atoms with E-state index in [0.717, 1.165) is 27.1 Å². The molecule has 0 saturated carbocycles. The Morgan fingerprint density at radius 3 is 2.75 bits per heavy atom. The molecule has 6 nitrogen and oxygen atoms in total. The number of methoxy groups -OCH3 is 1. The second-order valence-electron chi connectivity index (χ2n) is 4.77. The van der Waals surface area contributed by atoms with Crippen molar-refractivity contribution in [2.45, 2.75) is 19.8 Å². The van der Waals surface area contributed by atoms with Gasteiger partial charge in [0.1, 0.15) is 10.8 Å². The molecule has 104 valence electrons. The van der Waals surface area contributed by atoms with E-state index in [9.17, 15) is 0 Å². The first kappa shape index (κ1) is 12.9. The van der Waals surface area contributed by atoms with Gasteiger partial charge in [-0.15, -0.1) is 10.2 Å². The van der Waals surface area contributed by atoms with Gasteiger partial charge in [0.15, 0.2) is 5.82 Å². The van der Waals surface area contributed by atoms with Crippen LogP contribution in [0.15, 0.2) is 18.2 Å². The minimum absolute atomic E-state index is 0.271. The molecule has 0 aliphatic heterocycles. The summed E-state index contributed by atoms with van der Waals surface area (Å²) >= 11 is 1.47. The molecule has 2 N–H and O–H groups in total. The molecule has 1 aromatic carbocycles. The topological polar surface area (TPSA) is 78.3 Å². The van der Waals surface area contributed by atoms with E-state index in [0.29, 0.717) is 5.69 Å². The predicted molar refractivity (Wildman–Crippen MR) is 79.1 cm³/mol. The van der Waals surface area contributed by atoms with Crippen molar-refractivity contribution in [2.24, 2.45) is 0 Å². The van der Waals surface area contributed by atoms with Crippen LogP contribution in [0.25, 0.3) is 15.5 Å². The van der Waals surface area contributed by atoms with Gasteiger partial charge in [0.2, 0.25) is 4.96 Å². The maximum atomic E-state index is 6.06. The molecule has 0 radical (unpaired) electrons. The minimum Gasteiger partial charge on any atom is -0.497 e. The number of rotatable bonds is 3. The van der Waals surface area contributed by atoms with Crippen molar-refractivity contribution < 1.29 is 4.74 Å². The van der Waals surface area contributed by atoms with E-state index in [1.807, 2.05) is 12.1 Å². The van der Waals surface area contributed by atoms with Gasteiger partial charge in [-0.05, 0) is 12.1 Å². The maximum absolute atomic E-state index is 6.06. The van der Waals surface area contributed by atoms with Gasteiger partial charge in [-0.2, -0.15) is 9.61 Å². The number of nitrogen functional groups attached to an aromatic ring is 1. The van der Waals surface area contributed by atoms with Crippen LogP contribution in [0.5, 0.6) is 5.75 Å². The summed E-state index contributed by atoms with van der Waals surface area (Å²) in [5.74, 6) is 1.86. The number of fused-ring (bicyclic) bond motifs is 1. The number of nitrogens with two attached hydrogens (primary N) is 1. The van der Waals surface area contributed by atoms with E-state index in [-0.39, 0.29) is 5.92 Å². The van der Waals surface area contributed by atoms with Gasteiger partial charge >= 0.3 is 0 Å². The number of nitrogens with zero attached hydrogens (tertiary/aromatic N) is 4. The van der Waals surface area contributed by atoms with Crippen molar-refractivity contribution in [3.63, 3.8) is 0 Å². The Hall–Kier alpha value is -2.15. The summed E-state index contributed by atoms with van der Waals surface area (Å²) in [6.07, 6.45) is 0. The number of aromatic nitrogens is 4. The smallest absolute Gasteiger partial charge is 0.234 e. The third-order valence-corrected chi connectivity index (χ3v) is 3.95. The van der Waals surface area contributed by atoms with Crippen LogP contribution in [0.1, 0.15) is 25.6 Å². The Kier molecular flexibility index (Phi) is 3.06. The number of anilines is 1. The molecule has 2 aromatic heterocycles. The maximum Gasteiger partial charge on any atom is 0.234 e. The summed E-state index contributed by atoms with van der Waals surface area (Å²) in [7, 11) is 1.62. The van der Waals surface area contributed by atoms with Crippen LogP contribution in [0, 0.1) is 0 Å². The molecule has 0 spiro atoms. The van der Waals surface area contributed by atoms with E-state index in [4.69, 9.17) is 10.5 Å². The van der Waals surface area contributed by atoms with Crippen molar-refractivity contribution in [2.75, 3.05) is 12.8 Å². The van der Waals surface area contributed by atoms with Gasteiger partial charge in [0.05, 0.1) is 7.11 Å². The number of benzene rings is 1. The van der Waals surface area contributed by atoms with Crippen molar-refractivity contribution in [1.82, 2.24) is 19.8 Å². The first-order chi connectivity index (χ1) is 9.60. The molecule has 3 rings (SSSR count). The van der Waals surface area contributed by atoms with Crippen molar-refractivity contribution in [1.29, 1.82) is 0 Å². The fraction of sp³-hybridized carbons (Fsp3) is 0.308. The lowest BCUT2D eigenvalue weighted by atomic mass is 10.2. The fourth-order valence-corrected chi connectivity index (χ4v) is 2.86. The highest BCUT2D eigenvalue weighted by molar-refractivity contribution is 7.19. The third-order valence-electron chi connectivity index (χ3n) is 3.02. The zero-order chi connectivity index (χ0) is 14.3. The van der Waals surface area contributed by atoms with Crippen LogP contribution >= 0.6 is 11.3 Å². The van der Waals surface area contributed by atoms with Crippen LogP contribution < -0.4 is 10.5 Å². The molecule has 0 aliphatic rings. The second-order valence-corrected chi connectivity index (χ2v) is 5.72. The van der Waals surface area contributed by atoms with E-state index in [1.165, 1.54) is 11.3 Å². The Balaban J connectivity index is 2.10. The lowest BCUT2D eigenvalue weighted by molar-refractivity contribution is 0.415. The lowest BCUT2D eigenvalue weighted by Gasteiger charge is -2.04. The van der Waals surface area contributed by atoms with Gasteiger partial charge in [0, 0.05) is 23.2 Å². The highest BCUT2D eigenvalue weighted by Gasteiger charge is 2.16. The molecule has 2 heterocycles. The van der Waals surface area contributed by atoms with Crippen LogP contribution in [-0.2, 0) is 0 Å². The molecule has 7 heteroatoms. The third kappa shape index (κ3) is 2.00. The van der Waals surface area contributed by atoms with Crippen molar-refractivity contribution >= 4 is 22.0 Å². The van der Waals surface area contributed by atoms with Crippen molar-refractivity contribution in [3.05, 3.63) is 24.0 Å². The first-order valence-electron chi connectivity index (χ1n) is 6.26. The van der Waals surface area contributed by atoms with Crippen LogP contribution in [0.3, 0.4) is 0 Å². The molecular weight excluding hydrogens is 274 g/mol. The predicted octanol–water partition coefficient (Wildman–Crippen LogP) is 2.57. The summed E-state index contributed by atoms with van der Waals surface area (Å²) in [5, 5.41) is 13.7. The molecule has 0 amide bonds. The highest BCUT2D eigenvalue weighted by atomic mass is 32.1. The van der Waals surface area contributed by atoms with E-state index < -0.39 is 0 Å². The Labute approximate surface area is 120 Å². The zero-order valence-corrected chi connectivity index (χ0v) is 12.3. The Morgan fingerprint density at radius 1 is 1.30 bits per heavy atom. The summed E-state index contributed by atoms with van der Waals surface area (Å²) < 4.78 is 6.94. The summed E-state index contributed by atoms with van der Waals surface area (Å²) in [6, 6.07) is 5.58. The van der Waals surface area contributed by atoms with Crippen LogP contribution in [-0.4, -0.2) is 26.9 Å². The van der Waals surface area contributed by atoms with E-state index in [2.05, 4.69) is 29.1 Å². The first-order valence-corrected chi connectivity index (χ1v) is 7.08. The van der Waals surface area contributed by atoms with E-state index >= 15 is 0 Å². The quantitative estimate of drug-likeness (QED) is 0.750. The van der Waals surface area contributed by atoms with Gasteiger partial charge in [-0.3, -0.25) is 0 Å². The normalized spacial score (nSPS) is 11.4. The van der Waals surface area contributed by atoms with Gasteiger partial charge in [0.25, 0.3) is 0 Å². The van der Waals surface area contributed by atoms with Crippen molar-refractivity contribution in [3.8, 4) is 16.3 Å². The minimum atomic E-state index is 0.271. The van der Waals surface area contributed by atoms with Crippen LogP contribution in [0.2, 0.25) is 0 Å². The molecule has 0 unspecified atom stereocenters. The highest BCUT2D eigenvalue weighted by Crippen LogP contribution is 2.32. The zero-order valence-electron chi connectivity index (χ0n) is 11.5. The van der Waals surface area contributed by atoms with Gasteiger partial charge in [-0.25, -0.2) is 0 Å². The molecule has 3 aromatic rings. The summed E-state index contributed by atoms with van der Waals surface area (Å²) in [4.78, 5) is 0.777. The van der Waals surface area contributed by atoms with Gasteiger partial charge < -0.3 is 10.5 Å². The van der Waals surface area contributed by atoms with Gasteiger partial charge in [-0.1, -0.05) is 25.2 Å². The standard InChI is InChI=1S/C13H15N5OS/c1-7(2)11-15-16-13-18(11)17-12(20-13)9-5-4-8(19-3)6-10(9)14/h4-7H,14H2,1-3H3. The monoisotopic (exact) mass is 289 g/mol. The molecule has 0 fully saturated rings. The molecule has 20 heavy (non-hydrogen) atoms. The molecule has 0 atom stereocenters. The number of hydrogen-bond donors (Lipinski definition) is 1. The SMILES string of the molecule is COc1ccc(-c2nn3c(C(C)C)nnc3s2)c(N)c1. The Morgan fingerprint density at radius 2 is 2.10 bits per heavy atom. The average molecular weight is 289 g/mol. The largest absolute Gasteiger partial charge is 0.497 e. The molecule has 0 aliphatic carbocycles. The molecule has 0 bridgehead atoms. The van der Waals surface area contributed by atoms with E-state index in [1.54, 1.807) is 17.7 Å². The number of ether oxygens (including phenoxy) is 1. The fourth-order valence-electron chi connectivity index (χ4n) is 1.96. The lowest BCUT2D eigenvalue weighted by Crippen LogP contribution is -1.98. The molecular formula is C13H15N5OS. The van der Waals surface area contributed by atoms with Crippen LogP contribution in [0.4, 0.5) is 5.69 Å². The Bertz CT molecular complexity index is 761. The second kappa shape index (κ2) is 4.75. The summed E-state index contributed by atoms with van der Waals surface area (Å²) in [6.45, 7) is 4.13. The molecule has 0 saturated heterocycles.